The smallest absolute Gasteiger partial charge is 0.400 e. The number of ether oxygens (including phenoxy) is 1. The first-order valence-electron chi connectivity index (χ1n) is 8.83. The fourth-order valence-electron chi connectivity index (χ4n) is 3.32. The summed E-state index contributed by atoms with van der Waals surface area (Å²) in [6.45, 7) is 1.53. The lowest BCUT2D eigenvalue weighted by atomic mass is 9.77. The molecular formula is C20H17Cl2F3N2O2. The molecule has 0 N–H and O–H groups in total. The van der Waals surface area contributed by atoms with Gasteiger partial charge in [-0.25, -0.2) is 9.78 Å². The van der Waals surface area contributed by atoms with E-state index in [1.54, 1.807) is 31.2 Å². The number of rotatable bonds is 5. The van der Waals surface area contributed by atoms with E-state index >= 15 is 0 Å². The Morgan fingerprint density at radius 2 is 1.79 bits per heavy atom. The molecule has 29 heavy (non-hydrogen) atoms. The van der Waals surface area contributed by atoms with E-state index in [0.717, 1.165) is 5.56 Å². The molecule has 154 valence electrons. The fourth-order valence-corrected chi connectivity index (χ4v) is 3.78. The summed E-state index contributed by atoms with van der Waals surface area (Å²) in [5.74, 6) is -0.445. The molecule has 1 unspecified atom stereocenters. The second-order valence-electron chi connectivity index (χ2n) is 6.73. The normalized spacial score (nSPS) is 19.2. The number of benzene rings is 1. The van der Waals surface area contributed by atoms with Crippen LogP contribution in [0.2, 0.25) is 10.3 Å². The Kier molecular flexibility index (Phi) is 6.19. The van der Waals surface area contributed by atoms with Gasteiger partial charge < -0.3 is 4.74 Å². The predicted octanol–water partition coefficient (Wildman–Crippen LogP) is 5.45. The molecule has 1 aliphatic heterocycles. The van der Waals surface area contributed by atoms with Crippen LogP contribution in [0, 0.1) is 0 Å². The second-order valence-corrected chi connectivity index (χ2v) is 7.51. The summed E-state index contributed by atoms with van der Waals surface area (Å²) in [5.41, 5.74) is -0.694. The molecule has 0 aliphatic carbocycles. The van der Waals surface area contributed by atoms with E-state index in [1.807, 2.05) is 0 Å². The van der Waals surface area contributed by atoms with E-state index in [4.69, 9.17) is 27.9 Å². The van der Waals surface area contributed by atoms with Crippen molar-refractivity contribution in [2.24, 2.45) is 4.99 Å². The van der Waals surface area contributed by atoms with E-state index in [0.29, 0.717) is 11.3 Å². The van der Waals surface area contributed by atoms with Crippen LogP contribution in [-0.2, 0) is 16.6 Å². The molecule has 4 nitrogen and oxygen atoms in total. The van der Waals surface area contributed by atoms with Crippen LogP contribution in [-0.4, -0.2) is 36.0 Å². The van der Waals surface area contributed by atoms with Gasteiger partial charge in [0.25, 0.3) is 0 Å². The third-order valence-corrected chi connectivity index (χ3v) is 5.20. The van der Waals surface area contributed by atoms with Crippen molar-refractivity contribution in [2.45, 2.75) is 31.4 Å². The highest BCUT2D eigenvalue weighted by molar-refractivity contribution is 6.32. The van der Waals surface area contributed by atoms with Crippen molar-refractivity contribution in [2.75, 3.05) is 13.2 Å². The first kappa shape index (κ1) is 21.6. The Labute approximate surface area is 175 Å². The van der Waals surface area contributed by atoms with Crippen molar-refractivity contribution >= 4 is 34.9 Å². The van der Waals surface area contributed by atoms with E-state index in [9.17, 15) is 18.0 Å². The minimum Gasteiger partial charge on any atom is -0.462 e. The van der Waals surface area contributed by atoms with Crippen LogP contribution < -0.4 is 0 Å². The number of carbonyl (C=O) groups excluding carboxylic acids is 1. The zero-order valence-electron chi connectivity index (χ0n) is 15.4. The van der Waals surface area contributed by atoms with E-state index in [2.05, 4.69) is 9.98 Å². The number of hydrogen-bond donors (Lipinski definition) is 0. The molecule has 9 heteroatoms. The highest BCUT2D eigenvalue weighted by atomic mass is 35.5. The maximum atomic E-state index is 14.1. The molecule has 0 saturated heterocycles. The SMILES string of the molecule is CCOC(=O)c1ccc(CC2=NCC(c3cc(Cl)nc(Cl)c3)(C(F)(F)F)C2)cc1. The summed E-state index contributed by atoms with van der Waals surface area (Å²) in [5, 5.41) is -0.196. The molecule has 0 bridgehead atoms. The zero-order valence-corrected chi connectivity index (χ0v) is 16.9. The van der Waals surface area contributed by atoms with Crippen LogP contribution >= 0.6 is 23.2 Å². The lowest BCUT2D eigenvalue weighted by Gasteiger charge is -2.31. The number of carbonyl (C=O) groups is 1. The maximum absolute atomic E-state index is 14.1. The van der Waals surface area contributed by atoms with Gasteiger partial charge in [0, 0.05) is 18.6 Å². The number of nitrogens with zero attached hydrogens (tertiary/aromatic N) is 2. The van der Waals surface area contributed by atoms with Gasteiger partial charge in [0.1, 0.15) is 15.7 Å². The molecule has 0 radical (unpaired) electrons. The Bertz CT molecular complexity index is 925. The quantitative estimate of drug-likeness (QED) is 0.454. The van der Waals surface area contributed by atoms with Crippen LogP contribution in [0.5, 0.6) is 0 Å². The summed E-state index contributed by atoms with van der Waals surface area (Å²) >= 11 is 11.7. The average Bonchev–Trinajstić information content (AvgIpc) is 3.07. The van der Waals surface area contributed by atoms with Crippen LogP contribution in [0.4, 0.5) is 13.2 Å². The molecular weight excluding hydrogens is 428 g/mol. The lowest BCUT2D eigenvalue weighted by molar-refractivity contribution is -0.184. The standard InChI is InChI=1S/C20H17Cl2F3N2O2/c1-2-29-18(28)13-5-3-12(4-6-13)7-15-10-19(11-26-15,20(23,24)25)14-8-16(21)27-17(22)9-14/h3-6,8-9H,2,7,10-11H2,1H3. The Balaban J connectivity index is 1.81. The molecule has 0 amide bonds. The van der Waals surface area contributed by atoms with Gasteiger partial charge in [-0.15, -0.1) is 0 Å². The molecule has 3 rings (SSSR count). The van der Waals surface area contributed by atoms with Crippen LogP contribution in [0.1, 0.15) is 34.8 Å². The molecule has 2 heterocycles. The molecule has 0 saturated carbocycles. The third kappa shape index (κ3) is 4.56. The molecule has 0 fully saturated rings. The van der Waals surface area contributed by atoms with Crippen molar-refractivity contribution in [1.82, 2.24) is 4.98 Å². The van der Waals surface area contributed by atoms with Crippen LogP contribution in [0.15, 0.2) is 41.4 Å². The monoisotopic (exact) mass is 444 g/mol. The molecule has 1 atom stereocenters. The number of esters is 1. The molecule has 2 aromatic rings. The number of aliphatic imine (C=N–C) groups is 1. The minimum absolute atomic E-state index is 0.0496. The van der Waals surface area contributed by atoms with Gasteiger partial charge in [-0.2, -0.15) is 13.2 Å². The molecule has 1 aromatic carbocycles. The van der Waals surface area contributed by atoms with Crippen molar-refractivity contribution in [3.8, 4) is 0 Å². The summed E-state index contributed by atoms with van der Waals surface area (Å²) in [6, 6.07) is 8.91. The topological polar surface area (TPSA) is 51.5 Å². The number of hydrogen-bond acceptors (Lipinski definition) is 4. The van der Waals surface area contributed by atoms with Gasteiger partial charge in [0.2, 0.25) is 0 Å². The van der Waals surface area contributed by atoms with E-state index < -0.39 is 24.1 Å². The molecule has 1 aromatic heterocycles. The Hall–Kier alpha value is -2.12. The number of pyridine rings is 1. The number of alkyl halides is 3. The van der Waals surface area contributed by atoms with Gasteiger partial charge in [-0.1, -0.05) is 35.3 Å². The molecule has 0 spiro atoms. The van der Waals surface area contributed by atoms with Crippen molar-refractivity contribution < 1.29 is 22.7 Å². The summed E-state index contributed by atoms with van der Waals surface area (Å²) < 4.78 is 47.1. The first-order valence-corrected chi connectivity index (χ1v) is 9.59. The van der Waals surface area contributed by atoms with E-state index in [-0.39, 0.29) is 35.3 Å². The summed E-state index contributed by atoms with van der Waals surface area (Å²) in [6.07, 6.45) is -4.60. The predicted molar refractivity (Wildman–Crippen MR) is 105 cm³/mol. The summed E-state index contributed by atoms with van der Waals surface area (Å²) in [4.78, 5) is 19.6. The summed E-state index contributed by atoms with van der Waals surface area (Å²) in [7, 11) is 0. The largest absolute Gasteiger partial charge is 0.462 e. The van der Waals surface area contributed by atoms with Crippen molar-refractivity contribution in [1.29, 1.82) is 0 Å². The van der Waals surface area contributed by atoms with Crippen LogP contribution in [0.25, 0.3) is 0 Å². The highest BCUT2D eigenvalue weighted by Gasteiger charge is 2.58. The fraction of sp³-hybridized carbons (Fsp3) is 0.350. The zero-order chi connectivity index (χ0) is 21.2. The maximum Gasteiger partial charge on any atom is 0.400 e. The van der Waals surface area contributed by atoms with E-state index in [1.165, 1.54) is 12.1 Å². The second kappa shape index (κ2) is 8.32. The highest BCUT2D eigenvalue weighted by Crippen LogP contribution is 2.48. The number of halogens is 5. The third-order valence-electron chi connectivity index (χ3n) is 4.81. The minimum atomic E-state index is -4.54. The van der Waals surface area contributed by atoms with Gasteiger partial charge in [0.15, 0.2) is 0 Å². The van der Waals surface area contributed by atoms with Crippen molar-refractivity contribution in [3.63, 3.8) is 0 Å². The Morgan fingerprint density at radius 3 is 2.34 bits per heavy atom. The van der Waals surface area contributed by atoms with Gasteiger partial charge in [-0.3, -0.25) is 4.99 Å². The first-order chi connectivity index (χ1) is 13.6. The average molecular weight is 445 g/mol. The van der Waals surface area contributed by atoms with Gasteiger partial charge in [0.05, 0.1) is 18.7 Å². The van der Waals surface area contributed by atoms with Crippen LogP contribution in [0.3, 0.4) is 0 Å². The van der Waals surface area contributed by atoms with Crippen molar-refractivity contribution in [3.05, 3.63) is 63.4 Å². The Morgan fingerprint density at radius 1 is 1.17 bits per heavy atom. The lowest BCUT2D eigenvalue weighted by Crippen LogP contribution is -2.44. The van der Waals surface area contributed by atoms with Gasteiger partial charge in [-0.05, 0) is 42.3 Å². The van der Waals surface area contributed by atoms with Gasteiger partial charge >= 0.3 is 12.1 Å². The number of aromatic nitrogens is 1. The molecule has 1 aliphatic rings.